The van der Waals surface area contributed by atoms with Crippen LogP contribution in [0.2, 0.25) is 0 Å². The Morgan fingerprint density at radius 1 is 1.73 bits per heavy atom. The highest BCUT2D eigenvalue weighted by atomic mass is 35.5. The van der Waals surface area contributed by atoms with Crippen LogP contribution >= 0.6 is 11.6 Å². The molecule has 1 aromatic heterocycles. The molecule has 1 unspecified atom stereocenters. The van der Waals surface area contributed by atoms with Crippen LogP contribution < -0.4 is 5.32 Å². The van der Waals surface area contributed by atoms with Crippen molar-refractivity contribution in [3.8, 4) is 0 Å². The van der Waals surface area contributed by atoms with Crippen molar-refractivity contribution in [3.05, 3.63) is 17.5 Å². The average molecular weight is 230 g/mol. The zero-order valence-corrected chi connectivity index (χ0v) is 10.0. The van der Waals surface area contributed by atoms with Crippen LogP contribution in [0.25, 0.3) is 0 Å². The van der Waals surface area contributed by atoms with Gasteiger partial charge in [0.2, 0.25) is 0 Å². The Hall–Kier alpha value is -1.03. The molecule has 1 aromatic rings. The fourth-order valence-electron chi connectivity index (χ4n) is 1.29. The molecule has 0 saturated heterocycles. The normalized spacial score (nSPS) is 12.5. The molecule has 15 heavy (non-hydrogen) atoms. The molecule has 0 aliphatic rings. The van der Waals surface area contributed by atoms with E-state index in [0.29, 0.717) is 18.8 Å². The first-order valence-electron chi connectivity index (χ1n) is 5.01. The van der Waals surface area contributed by atoms with Crippen LogP contribution in [0.5, 0.6) is 0 Å². The summed E-state index contributed by atoms with van der Waals surface area (Å²) in [7, 11) is 0. The summed E-state index contributed by atoms with van der Waals surface area (Å²) in [5.41, 5.74) is 1.44. The van der Waals surface area contributed by atoms with Crippen molar-refractivity contribution in [2.45, 2.75) is 32.7 Å². The zero-order chi connectivity index (χ0) is 11.4. The summed E-state index contributed by atoms with van der Waals surface area (Å²) in [6.45, 7) is 6.81. The fourth-order valence-corrected chi connectivity index (χ4v) is 1.37. The van der Waals surface area contributed by atoms with E-state index in [2.05, 4.69) is 10.4 Å². The zero-order valence-electron chi connectivity index (χ0n) is 9.25. The third kappa shape index (κ3) is 3.23. The summed E-state index contributed by atoms with van der Waals surface area (Å²) in [5, 5.41) is 6.89. The number of hydrogen-bond acceptors (Lipinski definition) is 2. The second-order valence-corrected chi connectivity index (χ2v) is 4.22. The number of halogens is 1. The molecular formula is C10H16ClN3O. The molecule has 4 nitrogen and oxygen atoms in total. The van der Waals surface area contributed by atoms with E-state index < -0.39 is 0 Å². The number of amides is 1. The number of hydrogen-bond donors (Lipinski definition) is 1. The van der Waals surface area contributed by atoms with Gasteiger partial charge in [0.1, 0.15) is 5.69 Å². The second kappa shape index (κ2) is 5.16. The minimum absolute atomic E-state index is 0.0620. The van der Waals surface area contributed by atoms with Crippen molar-refractivity contribution in [2.75, 3.05) is 6.54 Å². The third-order valence-electron chi connectivity index (χ3n) is 1.98. The lowest BCUT2D eigenvalue weighted by Crippen LogP contribution is -2.30. The monoisotopic (exact) mass is 229 g/mol. The van der Waals surface area contributed by atoms with Crippen LogP contribution in [0, 0.1) is 6.92 Å². The van der Waals surface area contributed by atoms with Crippen molar-refractivity contribution < 1.29 is 4.79 Å². The molecule has 0 aliphatic carbocycles. The quantitative estimate of drug-likeness (QED) is 0.797. The van der Waals surface area contributed by atoms with Gasteiger partial charge in [-0.1, -0.05) is 0 Å². The molecule has 0 bridgehead atoms. The Bertz CT molecular complexity index is 346. The number of rotatable bonds is 4. The first-order chi connectivity index (χ1) is 7.04. The van der Waals surface area contributed by atoms with Crippen molar-refractivity contribution in [1.29, 1.82) is 0 Å². The molecule has 0 spiro atoms. The molecule has 1 atom stereocenters. The smallest absolute Gasteiger partial charge is 0.269 e. The molecule has 0 aromatic carbocycles. The molecule has 1 amide bonds. The second-order valence-electron chi connectivity index (χ2n) is 3.48. The SMILES string of the molecule is CCn1nc(C)cc1C(=O)NCC(C)Cl. The number of nitrogens with zero attached hydrogens (tertiary/aromatic N) is 2. The van der Waals surface area contributed by atoms with Crippen LogP contribution in [0.4, 0.5) is 0 Å². The van der Waals surface area contributed by atoms with Crippen molar-refractivity contribution in [2.24, 2.45) is 0 Å². The topological polar surface area (TPSA) is 46.9 Å². The molecular weight excluding hydrogens is 214 g/mol. The highest BCUT2D eigenvalue weighted by Crippen LogP contribution is 2.03. The van der Waals surface area contributed by atoms with E-state index in [1.807, 2.05) is 20.8 Å². The van der Waals surface area contributed by atoms with Crippen LogP contribution in [-0.4, -0.2) is 27.6 Å². The van der Waals surface area contributed by atoms with Gasteiger partial charge >= 0.3 is 0 Å². The maximum absolute atomic E-state index is 11.7. The molecule has 1 N–H and O–H groups in total. The van der Waals surface area contributed by atoms with Gasteiger partial charge in [-0.15, -0.1) is 11.6 Å². The lowest BCUT2D eigenvalue weighted by atomic mass is 10.3. The van der Waals surface area contributed by atoms with Crippen molar-refractivity contribution in [1.82, 2.24) is 15.1 Å². The highest BCUT2D eigenvalue weighted by Gasteiger charge is 2.12. The molecule has 1 heterocycles. The Morgan fingerprint density at radius 3 is 2.93 bits per heavy atom. The Morgan fingerprint density at radius 2 is 2.40 bits per heavy atom. The molecule has 1 rings (SSSR count). The summed E-state index contributed by atoms with van der Waals surface area (Å²) < 4.78 is 1.68. The Labute approximate surface area is 94.6 Å². The average Bonchev–Trinajstić information content (AvgIpc) is 2.56. The van der Waals surface area contributed by atoms with Gasteiger partial charge in [0.25, 0.3) is 5.91 Å². The molecule has 84 valence electrons. The predicted octanol–water partition coefficient (Wildman–Crippen LogP) is 1.57. The Kier molecular flexibility index (Phi) is 4.15. The van der Waals surface area contributed by atoms with Crippen LogP contribution in [0.1, 0.15) is 30.0 Å². The first-order valence-corrected chi connectivity index (χ1v) is 5.45. The number of alkyl halides is 1. The third-order valence-corrected chi connectivity index (χ3v) is 2.13. The van der Waals surface area contributed by atoms with E-state index in [-0.39, 0.29) is 11.3 Å². The van der Waals surface area contributed by atoms with Gasteiger partial charge in [0.15, 0.2) is 0 Å². The molecule has 0 radical (unpaired) electrons. The van der Waals surface area contributed by atoms with E-state index >= 15 is 0 Å². The summed E-state index contributed by atoms with van der Waals surface area (Å²) in [6.07, 6.45) is 0. The van der Waals surface area contributed by atoms with Crippen LogP contribution in [-0.2, 0) is 6.54 Å². The molecule has 0 fully saturated rings. The minimum atomic E-state index is -0.120. The molecule has 0 saturated carbocycles. The van der Waals surface area contributed by atoms with E-state index in [9.17, 15) is 4.79 Å². The standard InChI is InChI=1S/C10H16ClN3O/c1-4-14-9(5-8(3)13-14)10(15)12-6-7(2)11/h5,7H,4,6H2,1-3H3,(H,12,15). The Balaban J connectivity index is 2.72. The van der Waals surface area contributed by atoms with E-state index in [1.54, 1.807) is 10.7 Å². The van der Waals surface area contributed by atoms with E-state index in [4.69, 9.17) is 11.6 Å². The summed E-state index contributed by atoms with van der Waals surface area (Å²) in [5.74, 6) is -0.120. The van der Waals surface area contributed by atoms with Gasteiger partial charge in [-0.25, -0.2) is 0 Å². The van der Waals surface area contributed by atoms with Gasteiger partial charge < -0.3 is 5.32 Å². The minimum Gasteiger partial charge on any atom is -0.349 e. The van der Waals surface area contributed by atoms with Crippen LogP contribution in [0.3, 0.4) is 0 Å². The lowest BCUT2D eigenvalue weighted by Gasteiger charge is -2.07. The van der Waals surface area contributed by atoms with E-state index in [0.717, 1.165) is 5.69 Å². The number of carbonyl (C=O) groups is 1. The highest BCUT2D eigenvalue weighted by molar-refractivity contribution is 6.20. The summed E-state index contributed by atoms with van der Waals surface area (Å²) >= 11 is 5.75. The van der Waals surface area contributed by atoms with E-state index in [1.165, 1.54) is 0 Å². The maximum Gasteiger partial charge on any atom is 0.269 e. The van der Waals surface area contributed by atoms with Gasteiger partial charge in [-0.05, 0) is 26.8 Å². The predicted molar refractivity (Wildman–Crippen MR) is 60.3 cm³/mol. The number of aryl methyl sites for hydroxylation is 2. The van der Waals surface area contributed by atoms with Gasteiger partial charge in [-0.2, -0.15) is 5.10 Å². The summed E-state index contributed by atoms with van der Waals surface area (Å²) in [6, 6.07) is 1.78. The maximum atomic E-state index is 11.7. The summed E-state index contributed by atoms with van der Waals surface area (Å²) in [4.78, 5) is 11.7. The number of nitrogens with one attached hydrogen (secondary N) is 1. The van der Waals surface area contributed by atoms with Gasteiger partial charge in [0.05, 0.1) is 5.69 Å². The largest absolute Gasteiger partial charge is 0.349 e. The van der Waals surface area contributed by atoms with Crippen LogP contribution in [0.15, 0.2) is 6.07 Å². The van der Waals surface area contributed by atoms with Gasteiger partial charge in [0, 0.05) is 18.5 Å². The molecule has 5 heteroatoms. The number of aromatic nitrogens is 2. The first kappa shape index (κ1) is 12.0. The molecule has 0 aliphatic heterocycles. The fraction of sp³-hybridized carbons (Fsp3) is 0.600. The number of carbonyl (C=O) groups excluding carboxylic acids is 1. The van der Waals surface area contributed by atoms with Crippen molar-refractivity contribution in [3.63, 3.8) is 0 Å². The van der Waals surface area contributed by atoms with Crippen molar-refractivity contribution >= 4 is 17.5 Å². The van der Waals surface area contributed by atoms with Gasteiger partial charge in [-0.3, -0.25) is 9.48 Å². The lowest BCUT2D eigenvalue weighted by molar-refractivity contribution is 0.0943.